The number of rotatable bonds is 4. The average molecular weight is 399 g/mol. The Morgan fingerprint density at radius 2 is 1.76 bits per heavy atom. The molecule has 0 saturated heterocycles. The van der Waals surface area contributed by atoms with E-state index >= 15 is 0 Å². The van der Waals surface area contributed by atoms with Gasteiger partial charge in [-0.15, -0.1) is 0 Å². The van der Waals surface area contributed by atoms with Crippen molar-refractivity contribution in [2.75, 3.05) is 31.4 Å². The summed E-state index contributed by atoms with van der Waals surface area (Å²) in [5.74, 6) is 0.321. The number of halogens is 1. The standard InChI is InChI=1S/C20H19BrN2O2/c1-23(2)15-10-8-14(9-11-15)22-20(24)17-12-13-6-4-5-7-16(13)18(21)19(17)25-3/h4-12H,1-3H3,(H,22,24). The van der Waals surface area contributed by atoms with Crippen LogP contribution in [0.15, 0.2) is 59.1 Å². The number of methoxy groups -OCH3 is 1. The van der Waals surface area contributed by atoms with Crippen molar-refractivity contribution in [3.63, 3.8) is 0 Å². The fourth-order valence-electron chi connectivity index (χ4n) is 2.69. The van der Waals surface area contributed by atoms with Gasteiger partial charge in [-0.1, -0.05) is 24.3 Å². The molecule has 3 aromatic rings. The first-order valence-corrected chi connectivity index (χ1v) is 8.64. The lowest BCUT2D eigenvalue weighted by Crippen LogP contribution is -2.14. The second-order valence-corrected chi connectivity index (χ2v) is 6.68. The summed E-state index contributed by atoms with van der Waals surface area (Å²) < 4.78 is 6.26. The summed E-state index contributed by atoms with van der Waals surface area (Å²) in [6.07, 6.45) is 0. The number of nitrogens with zero attached hydrogens (tertiary/aromatic N) is 1. The lowest BCUT2D eigenvalue weighted by molar-refractivity contribution is 0.102. The van der Waals surface area contributed by atoms with Gasteiger partial charge in [0.05, 0.1) is 17.1 Å². The van der Waals surface area contributed by atoms with E-state index in [-0.39, 0.29) is 5.91 Å². The first kappa shape index (κ1) is 17.3. The number of benzene rings is 3. The summed E-state index contributed by atoms with van der Waals surface area (Å²) in [6, 6.07) is 17.4. The van der Waals surface area contributed by atoms with Crippen LogP contribution in [0.4, 0.5) is 11.4 Å². The molecular formula is C20H19BrN2O2. The fraction of sp³-hybridized carbons (Fsp3) is 0.150. The van der Waals surface area contributed by atoms with Crippen LogP contribution in [0.5, 0.6) is 5.75 Å². The first-order valence-electron chi connectivity index (χ1n) is 7.85. The Morgan fingerprint density at radius 3 is 2.40 bits per heavy atom. The van der Waals surface area contributed by atoms with Crippen molar-refractivity contribution in [3.05, 3.63) is 64.6 Å². The molecule has 0 heterocycles. The highest BCUT2D eigenvalue weighted by molar-refractivity contribution is 9.10. The molecule has 0 aliphatic heterocycles. The minimum absolute atomic E-state index is 0.207. The molecule has 0 bridgehead atoms. The number of hydrogen-bond donors (Lipinski definition) is 1. The van der Waals surface area contributed by atoms with Gasteiger partial charge in [0.1, 0.15) is 5.75 Å². The molecule has 1 amide bonds. The zero-order valence-corrected chi connectivity index (χ0v) is 15.9. The number of fused-ring (bicyclic) bond motifs is 1. The highest BCUT2D eigenvalue weighted by Crippen LogP contribution is 2.36. The van der Waals surface area contributed by atoms with Crippen LogP contribution in [0.25, 0.3) is 10.8 Å². The number of carbonyl (C=O) groups is 1. The Kier molecular flexibility index (Phi) is 4.95. The second-order valence-electron chi connectivity index (χ2n) is 5.89. The van der Waals surface area contributed by atoms with Crippen molar-refractivity contribution < 1.29 is 9.53 Å². The maximum atomic E-state index is 12.8. The second kappa shape index (κ2) is 7.15. The Labute approximate surface area is 155 Å². The van der Waals surface area contributed by atoms with Crippen molar-refractivity contribution in [1.82, 2.24) is 0 Å². The van der Waals surface area contributed by atoms with E-state index in [1.165, 1.54) is 0 Å². The monoisotopic (exact) mass is 398 g/mol. The molecule has 0 aliphatic rings. The zero-order chi connectivity index (χ0) is 18.0. The molecule has 5 heteroatoms. The van der Waals surface area contributed by atoms with E-state index in [0.717, 1.165) is 26.6 Å². The number of amides is 1. The van der Waals surface area contributed by atoms with E-state index in [9.17, 15) is 4.79 Å². The molecule has 128 valence electrons. The Hall–Kier alpha value is -2.53. The highest BCUT2D eigenvalue weighted by Gasteiger charge is 2.18. The average Bonchev–Trinajstić information content (AvgIpc) is 2.62. The molecule has 0 spiro atoms. The molecule has 1 N–H and O–H groups in total. The van der Waals surface area contributed by atoms with Crippen molar-refractivity contribution in [2.45, 2.75) is 0 Å². The van der Waals surface area contributed by atoms with Crippen LogP contribution in [0, 0.1) is 0 Å². The Bertz CT molecular complexity index is 921. The Balaban J connectivity index is 1.96. The molecule has 0 aromatic heterocycles. The van der Waals surface area contributed by atoms with Crippen molar-refractivity contribution >= 4 is 44.0 Å². The van der Waals surface area contributed by atoms with Gasteiger partial charge in [0.25, 0.3) is 5.91 Å². The SMILES string of the molecule is COc1c(C(=O)Nc2ccc(N(C)C)cc2)cc2ccccc2c1Br. The van der Waals surface area contributed by atoms with Gasteiger partial charge in [0.15, 0.2) is 0 Å². The van der Waals surface area contributed by atoms with Crippen LogP contribution in [0.2, 0.25) is 0 Å². The number of ether oxygens (including phenoxy) is 1. The molecular weight excluding hydrogens is 380 g/mol. The largest absolute Gasteiger partial charge is 0.495 e. The quantitative estimate of drug-likeness (QED) is 0.677. The first-order chi connectivity index (χ1) is 12.0. The van der Waals surface area contributed by atoms with E-state index in [0.29, 0.717) is 11.3 Å². The summed E-state index contributed by atoms with van der Waals surface area (Å²) in [4.78, 5) is 14.8. The van der Waals surface area contributed by atoms with Crippen LogP contribution in [0.3, 0.4) is 0 Å². The normalized spacial score (nSPS) is 10.6. The molecule has 0 fully saturated rings. The molecule has 4 nitrogen and oxygen atoms in total. The van der Waals surface area contributed by atoms with Crippen LogP contribution in [-0.4, -0.2) is 27.1 Å². The van der Waals surface area contributed by atoms with Crippen molar-refractivity contribution in [1.29, 1.82) is 0 Å². The minimum atomic E-state index is -0.207. The van der Waals surface area contributed by atoms with Gasteiger partial charge in [-0.25, -0.2) is 0 Å². The molecule has 0 aliphatic carbocycles. The van der Waals surface area contributed by atoms with Crippen molar-refractivity contribution in [3.8, 4) is 5.75 Å². The lowest BCUT2D eigenvalue weighted by atomic mass is 10.1. The molecule has 0 atom stereocenters. The van der Waals surface area contributed by atoms with Crippen LogP contribution in [-0.2, 0) is 0 Å². The maximum absolute atomic E-state index is 12.8. The third-order valence-electron chi connectivity index (χ3n) is 4.03. The topological polar surface area (TPSA) is 41.6 Å². The smallest absolute Gasteiger partial charge is 0.259 e. The van der Waals surface area contributed by atoms with Crippen molar-refractivity contribution in [2.24, 2.45) is 0 Å². The minimum Gasteiger partial charge on any atom is -0.495 e. The van der Waals surface area contributed by atoms with Gasteiger partial charge in [-0.2, -0.15) is 0 Å². The molecule has 0 radical (unpaired) electrons. The van der Waals surface area contributed by atoms with Crippen LogP contribution in [0.1, 0.15) is 10.4 Å². The predicted molar refractivity (Wildman–Crippen MR) is 107 cm³/mol. The van der Waals surface area contributed by atoms with Crippen LogP contribution < -0.4 is 15.0 Å². The molecule has 0 unspecified atom stereocenters. The lowest BCUT2D eigenvalue weighted by Gasteiger charge is -2.15. The van der Waals surface area contributed by atoms with E-state index < -0.39 is 0 Å². The van der Waals surface area contributed by atoms with E-state index in [2.05, 4.69) is 21.2 Å². The number of nitrogens with one attached hydrogen (secondary N) is 1. The molecule has 3 rings (SSSR count). The number of hydrogen-bond acceptors (Lipinski definition) is 3. The summed E-state index contributed by atoms with van der Waals surface area (Å²) in [7, 11) is 5.52. The van der Waals surface area contributed by atoms with Gasteiger partial charge in [-0.3, -0.25) is 4.79 Å². The Morgan fingerprint density at radius 1 is 1.08 bits per heavy atom. The fourth-order valence-corrected chi connectivity index (χ4v) is 3.43. The van der Waals surface area contributed by atoms with E-state index in [1.807, 2.05) is 73.6 Å². The molecule has 3 aromatic carbocycles. The summed E-state index contributed by atoms with van der Waals surface area (Å²) in [5.41, 5.74) is 2.30. The summed E-state index contributed by atoms with van der Waals surface area (Å²) >= 11 is 3.56. The molecule has 0 saturated carbocycles. The van der Waals surface area contributed by atoms with Gasteiger partial charge < -0.3 is 15.0 Å². The zero-order valence-electron chi connectivity index (χ0n) is 14.3. The predicted octanol–water partition coefficient (Wildman–Crippen LogP) is 4.93. The summed E-state index contributed by atoms with van der Waals surface area (Å²) in [5, 5.41) is 4.91. The molecule has 25 heavy (non-hydrogen) atoms. The van der Waals surface area contributed by atoms with Gasteiger partial charge in [-0.05, 0) is 57.0 Å². The maximum Gasteiger partial charge on any atom is 0.259 e. The number of carbonyl (C=O) groups excluding carboxylic acids is 1. The van der Waals surface area contributed by atoms with E-state index in [1.54, 1.807) is 7.11 Å². The van der Waals surface area contributed by atoms with Gasteiger partial charge >= 0.3 is 0 Å². The summed E-state index contributed by atoms with van der Waals surface area (Å²) in [6.45, 7) is 0. The number of anilines is 2. The van der Waals surface area contributed by atoms with Gasteiger partial charge in [0.2, 0.25) is 0 Å². The third-order valence-corrected chi connectivity index (χ3v) is 4.82. The van der Waals surface area contributed by atoms with E-state index in [4.69, 9.17) is 4.74 Å². The third kappa shape index (κ3) is 3.46. The van der Waals surface area contributed by atoms with Crippen LogP contribution >= 0.6 is 15.9 Å². The van der Waals surface area contributed by atoms with Gasteiger partial charge in [0, 0.05) is 25.5 Å². The highest BCUT2D eigenvalue weighted by atomic mass is 79.9.